The molecule has 4 aromatic rings. The van der Waals surface area contributed by atoms with Gasteiger partial charge in [0.05, 0.1) is 0 Å². The van der Waals surface area contributed by atoms with E-state index in [4.69, 9.17) is 109 Å². The summed E-state index contributed by atoms with van der Waals surface area (Å²) in [5.74, 6) is -4.21. The standard InChI is InChI=1S/C28H34F4N2O6.C16H14F3NO3.C12H22FNO4.28H2/c1-26(2,3)40-25(37)34(6)20(15-27(4,5)29)23(35)39-21(24(36)38-17-18-10-8-7-9-11-18)14-19-12-13-22(33-16-19)28(30,31)32;17-16(18,19)14-7-6-12(9-20-14)8-13(21)15(22)23-10-11-4-2-1-3-5-11;1-11(2,3)18-10(17)14(6)8(9(15)16)7-12(4,5)13;;;;;;;;;;;;;;;;;;;;;;;;;;;;/h7-13,16,20-21H,14-15,17H2,1-6H3;1-7,9,13,21H,8,10H2;8H,7H2,1-6H3,(H,15,16);28*1H/t20-,21+;13-;8-;;;;;;;;;;;;;;;;;;;;;;;;;;;;/m010............................/s1/i;;;27*1+1D;1+1. The van der Waals surface area contributed by atoms with Crippen LogP contribution in [-0.4, -0.2) is 127 Å². The van der Waals surface area contributed by atoms with E-state index in [1.54, 1.807) is 96.1 Å². The van der Waals surface area contributed by atoms with Crippen molar-refractivity contribution in [2.75, 3.05) is 14.1 Å². The molecule has 504 valence electrons. The van der Waals surface area contributed by atoms with Gasteiger partial charge in [-0.1, -0.05) is 72.8 Å². The average molecular weight is 1270 g/mol. The first-order valence-electron chi connectivity index (χ1n) is 51.9. The molecule has 0 aliphatic carbocycles. The van der Waals surface area contributed by atoms with Gasteiger partial charge in [0.25, 0.3) is 0 Å². The number of carboxylic acid groups (broad SMARTS) is 1. The number of carboxylic acids is 1. The number of esters is 3. The zero-order valence-electron chi connectivity index (χ0n) is 101. The number of pyridine rings is 2. The predicted octanol–water partition coefficient (Wildman–Crippen LogP) is 17.8. The number of amides is 2. The molecule has 2 aromatic heterocycles. The van der Waals surface area contributed by atoms with Gasteiger partial charge in [-0.2, -0.15) is 26.3 Å². The lowest BCUT2D eigenvalue weighted by Gasteiger charge is -2.32. The van der Waals surface area contributed by atoms with Crippen molar-refractivity contribution in [1.82, 2.24) is 19.8 Å². The number of likely N-dealkylation sites (N-methyl/N-ethyl adjacent to an activating group) is 2. The third-order valence-corrected chi connectivity index (χ3v) is 10.5. The van der Waals surface area contributed by atoms with Crippen LogP contribution in [0.25, 0.3) is 0 Å². The summed E-state index contributed by atoms with van der Waals surface area (Å²) in [6.07, 6.45) is -13.4. The fourth-order valence-corrected chi connectivity index (χ4v) is 6.60. The number of carbonyl (C=O) groups is 6. The second-order valence-electron chi connectivity index (χ2n) is 21.5. The minimum atomic E-state index is -4.67. The summed E-state index contributed by atoms with van der Waals surface area (Å²) in [6.45, 7) is 14.7. The molecule has 0 radical (unpaired) electrons. The van der Waals surface area contributed by atoms with E-state index in [1.165, 1.54) is 47.9 Å². The van der Waals surface area contributed by atoms with E-state index in [1.807, 2.05) is 6.07 Å². The molecule has 0 saturated heterocycles. The molecule has 2 amide bonds. The number of hydrogen-bond acceptors (Lipinski definition) is 14. The Kier molecular flexibility index (Phi) is 13.8. The molecule has 81 heavy (non-hydrogen) atoms. The average Bonchev–Trinajstić information content (AvgIpc) is 0.821. The third kappa shape index (κ3) is 27.5. The molecule has 2 heterocycles. The van der Waals surface area contributed by atoms with Crippen molar-refractivity contribution in [3.63, 3.8) is 0 Å². The van der Waals surface area contributed by atoms with Crippen LogP contribution in [0.1, 0.15) is 197 Å². The van der Waals surface area contributed by atoms with E-state index in [-0.39, 0.29) is 39.5 Å². The van der Waals surface area contributed by atoms with Gasteiger partial charge in [-0.3, -0.25) is 19.8 Å². The first kappa shape index (κ1) is 37.5. The SMILES string of the molecule is CN(C(=O)OC(C)(C)C)[C@@H](CC(C)(C)F)C(=O)O.CN(C(=O)OC(C)(C)C)[C@@H](CC(C)(C)F)C(=O)O[C@H](Cc1ccc(C(F)(F)F)nc1)C(=O)OCc1ccccc1.O=C(OCc1ccccc1)[C@H](O)Cc1ccc(C(F)(F)F)nc1.[2HH].[2H][2H].[2H][2H].[2H][2H].[2H][2H].[2H][2H].[2H][2H].[2H][2H].[2H][2H].[2H][2H].[2H][2H].[2H][2H].[2H][2H].[2H][2H].[2H][2H].[2H][2H].[2H][2H].[2H][2H].[2H][2H].[2H][2H].[2H][2H].[2H][2H].[2H][2H].[2H][2H].[2H][2H].[2H][2H].[2H][2H].[2H][2H]. The Morgan fingerprint density at radius 2 is 0.901 bits per heavy atom. The number of halogens is 8. The zero-order valence-corrected chi connectivity index (χ0v) is 47.0. The van der Waals surface area contributed by atoms with E-state index in [0.29, 0.717) is 11.1 Å². The van der Waals surface area contributed by atoms with Crippen molar-refractivity contribution in [2.24, 2.45) is 0 Å². The van der Waals surface area contributed by atoms with Crippen molar-refractivity contribution in [3.8, 4) is 0 Å². The third-order valence-electron chi connectivity index (χ3n) is 10.5. The van der Waals surface area contributed by atoms with Crippen molar-refractivity contribution in [1.29, 1.82) is 0 Å². The summed E-state index contributed by atoms with van der Waals surface area (Å²) in [5.41, 5.74) is -5.55. The van der Waals surface area contributed by atoms with Crippen LogP contribution in [0.4, 0.5) is 44.7 Å². The number of benzene rings is 2. The first-order chi connectivity index (χ1) is 64.0. The molecule has 0 saturated carbocycles. The lowest BCUT2D eigenvalue weighted by molar-refractivity contribution is -0.172. The minimum absolute atomic E-state index is 0. The highest BCUT2D eigenvalue weighted by Gasteiger charge is 2.40. The van der Waals surface area contributed by atoms with Crippen LogP contribution in [0.5, 0.6) is 0 Å². The molecular formula is C56H126F8N4O13. The molecule has 4 rings (SSSR count). The molecule has 0 unspecified atom stereocenters. The number of ether oxygens (including phenoxy) is 5. The summed E-state index contributed by atoms with van der Waals surface area (Å²) in [5, 5.41) is 18.8. The van der Waals surface area contributed by atoms with Crippen molar-refractivity contribution in [2.45, 2.75) is 167 Å². The van der Waals surface area contributed by atoms with E-state index in [9.17, 15) is 69.0 Å². The predicted molar refractivity (Wildman–Crippen MR) is 336 cm³/mol. The van der Waals surface area contributed by atoms with E-state index < -0.39 is 113 Å². The van der Waals surface area contributed by atoms with Crippen LogP contribution >= 0.6 is 0 Å². The smallest absolute Gasteiger partial charge is 0.433 e. The maximum Gasteiger partial charge on any atom is 0.433 e. The number of alkyl halides is 8. The summed E-state index contributed by atoms with van der Waals surface area (Å²) in [6, 6.07) is 18.6. The number of aromatic nitrogens is 2. The number of rotatable bonds is 19. The lowest BCUT2D eigenvalue weighted by Crippen LogP contribution is -2.49. The molecule has 25 heteroatoms. The molecule has 0 fully saturated rings. The quantitative estimate of drug-likeness (QED) is 0.0506. The number of nitrogens with zero attached hydrogens (tertiary/aromatic N) is 4. The van der Waals surface area contributed by atoms with Gasteiger partial charge in [-0.05, 0) is 104 Å². The number of aliphatic hydroxyl groups excluding tert-OH is 1. The van der Waals surface area contributed by atoms with Gasteiger partial charge in [0.2, 0.25) is 6.10 Å². The Balaban J connectivity index is -0.0000000429. The van der Waals surface area contributed by atoms with Crippen LogP contribution in [0.3, 0.4) is 0 Å². The van der Waals surface area contributed by atoms with Gasteiger partial charge in [0.15, 0.2) is 6.10 Å². The Morgan fingerprint density at radius 1 is 0.531 bits per heavy atom. The Labute approximate surface area is 549 Å². The van der Waals surface area contributed by atoms with E-state index in [0.717, 1.165) is 46.0 Å². The van der Waals surface area contributed by atoms with Crippen molar-refractivity contribution in [3.05, 3.63) is 131 Å². The first-order valence-corrected chi connectivity index (χ1v) is 24.9. The van der Waals surface area contributed by atoms with Gasteiger partial charge in [0.1, 0.15) is 59.2 Å². The van der Waals surface area contributed by atoms with Crippen LogP contribution < -0.4 is 0 Å². The summed E-state index contributed by atoms with van der Waals surface area (Å²) < 4.78 is 400. The summed E-state index contributed by atoms with van der Waals surface area (Å²) in [7, 11) is 2.52. The Morgan fingerprint density at radius 3 is 1.25 bits per heavy atom. The molecule has 0 bridgehead atoms. The topological polar surface area (TPSA) is 221 Å². The van der Waals surface area contributed by atoms with Crippen LogP contribution in [0.2, 0.25) is 0 Å². The highest BCUT2D eigenvalue weighted by molar-refractivity contribution is 5.85. The Hall–Kier alpha value is -7.44. The van der Waals surface area contributed by atoms with Crippen LogP contribution in [-0.2, 0) is 81.3 Å². The fourth-order valence-electron chi connectivity index (χ4n) is 6.60. The lowest BCUT2D eigenvalue weighted by atomic mass is 10.00. The summed E-state index contributed by atoms with van der Waals surface area (Å²) in [4.78, 5) is 81.8. The number of aliphatic hydroxyl groups is 1. The highest BCUT2D eigenvalue weighted by atomic mass is 19.4. The highest BCUT2D eigenvalue weighted by Crippen LogP contribution is 2.29. The fraction of sp³-hybridized carbons (Fsp3) is 0.500. The normalized spacial score (nSPS) is 16.1. The van der Waals surface area contributed by atoms with Gasteiger partial charge in [0, 0.05) is 134 Å². The second kappa shape index (κ2) is 29.9. The van der Waals surface area contributed by atoms with Gasteiger partial charge < -0.3 is 33.9 Å². The maximum atomic E-state index is 14.7. The van der Waals surface area contributed by atoms with Crippen molar-refractivity contribution < 1.29 is 179 Å². The van der Waals surface area contributed by atoms with Crippen molar-refractivity contribution >= 4 is 36.1 Å². The molecule has 17 nitrogen and oxygen atoms in total. The zero-order chi connectivity index (χ0) is 116. The molecule has 0 aliphatic rings. The van der Waals surface area contributed by atoms with Gasteiger partial charge in [-0.15, -0.1) is 0 Å². The van der Waals surface area contributed by atoms with E-state index in [2.05, 4.69) is 9.97 Å². The van der Waals surface area contributed by atoms with Crippen LogP contribution in [0, 0.1) is 0 Å². The number of aliphatic carboxylic acids is 1. The molecular weight excluding hydrogens is 1090 g/mol. The second-order valence-corrected chi connectivity index (χ2v) is 21.5. The van der Waals surface area contributed by atoms with Gasteiger partial charge >= 0.3 is 48.4 Å². The van der Waals surface area contributed by atoms with E-state index >= 15 is 0 Å². The molecule has 2 N–H and O–H groups in total. The van der Waals surface area contributed by atoms with Crippen LogP contribution in [0.15, 0.2) is 97.3 Å². The molecule has 0 spiro atoms. The number of hydrogen-bond donors (Lipinski definition) is 2. The maximum absolute atomic E-state index is 14.7. The Bertz CT molecular complexity index is 2770. The molecule has 4 atom stereocenters. The minimum Gasteiger partial charge on any atom is -0.480 e. The molecule has 0 aliphatic heterocycles. The largest absolute Gasteiger partial charge is 0.480 e. The van der Waals surface area contributed by atoms with Gasteiger partial charge in [-0.25, -0.2) is 37.5 Å². The molecule has 2 aromatic carbocycles. The number of carbonyl (C=O) groups excluding carboxylic acids is 5. The monoisotopic (exact) mass is 1270 g/mol. The summed E-state index contributed by atoms with van der Waals surface area (Å²) >= 11 is 0.